The third-order valence-electron chi connectivity index (χ3n) is 8.21. The van der Waals surface area contributed by atoms with Gasteiger partial charge in [0.25, 0.3) is 0 Å². The van der Waals surface area contributed by atoms with E-state index in [1.165, 1.54) is 186 Å². The molecular formula is C36H70O. The standard InChI is InChI=1S/C36H70O/c1-3-5-7-9-11-13-15-17-19-20-22-24-26-28-30-32-34-36(35-37)33-31-29-27-25-23-21-18-16-14-12-10-8-6-4-2/h17,19,35-36H,3-16,18,20-34H2,1-2H3. The lowest BCUT2D eigenvalue weighted by Gasteiger charge is -2.10. The molecule has 0 aromatic carbocycles. The molecule has 0 amide bonds. The second kappa shape index (κ2) is 33.4. The molecule has 0 spiro atoms. The van der Waals surface area contributed by atoms with Crippen LogP contribution in [0.5, 0.6) is 0 Å². The molecule has 0 aliphatic heterocycles. The molecule has 0 bridgehead atoms. The summed E-state index contributed by atoms with van der Waals surface area (Å²) in [7, 11) is 0. The minimum Gasteiger partial charge on any atom is -0.303 e. The van der Waals surface area contributed by atoms with Crippen LogP contribution in [0, 0.1) is 5.92 Å². The quantitative estimate of drug-likeness (QED) is 0.0491. The van der Waals surface area contributed by atoms with Crippen molar-refractivity contribution in [1.29, 1.82) is 0 Å². The van der Waals surface area contributed by atoms with Gasteiger partial charge in [-0.3, -0.25) is 0 Å². The Balaban J connectivity index is 3.31. The summed E-state index contributed by atoms with van der Waals surface area (Å²) >= 11 is 0. The fourth-order valence-corrected chi connectivity index (χ4v) is 5.54. The zero-order valence-corrected chi connectivity index (χ0v) is 25.9. The highest BCUT2D eigenvalue weighted by atomic mass is 16.1. The number of allylic oxidation sites excluding steroid dienone is 2. The lowest BCUT2D eigenvalue weighted by Crippen LogP contribution is -2.02. The third-order valence-corrected chi connectivity index (χ3v) is 8.21. The van der Waals surface area contributed by atoms with Crippen molar-refractivity contribution in [2.45, 2.75) is 206 Å². The first kappa shape index (κ1) is 36.4. The van der Waals surface area contributed by atoms with E-state index in [1.54, 1.807) is 0 Å². The summed E-state index contributed by atoms with van der Waals surface area (Å²) in [5.41, 5.74) is 0. The topological polar surface area (TPSA) is 17.1 Å². The van der Waals surface area contributed by atoms with Gasteiger partial charge in [-0.1, -0.05) is 180 Å². The van der Waals surface area contributed by atoms with Crippen molar-refractivity contribution >= 4 is 6.29 Å². The highest BCUT2D eigenvalue weighted by Crippen LogP contribution is 2.18. The largest absolute Gasteiger partial charge is 0.303 e. The smallest absolute Gasteiger partial charge is 0.123 e. The van der Waals surface area contributed by atoms with E-state index in [-0.39, 0.29) is 0 Å². The molecule has 1 atom stereocenters. The minimum absolute atomic E-state index is 0.328. The second-order valence-electron chi connectivity index (χ2n) is 12.0. The first-order chi connectivity index (χ1) is 18.3. The SMILES string of the molecule is CCCCCCCCC=CCCCCCCCCC(C=O)CCCCCCCCCCCCCCCC. The molecule has 0 aliphatic carbocycles. The molecule has 1 heteroatoms. The van der Waals surface area contributed by atoms with Crippen molar-refractivity contribution in [3.8, 4) is 0 Å². The highest BCUT2D eigenvalue weighted by molar-refractivity contribution is 5.53. The summed E-state index contributed by atoms with van der Waals surface area (Å²) in [5.74, 6) is 0.328. The molecule has 1 unspecified atom stereocenters. The first-order valence-corrected chi connectivity index (χ1v) is 17.4. The summed E-state index contributed by atoms with van der Waals surface area (Å²) in [6.07, 6.45) is 47.0. The van der Waals surface area contributed by atoms with E-state index >= 15 is 0 Å². The number of hydrogen-bond donors (Lipinski definition) is 0. The van der Waals surface area contributed by atoms with Gasteiger partial charge in [-0.15, -0.1) is 0 Å². The fourth-order valence-electron chi connectivity index (χ4n) is 5.54. The monoisotopic (exact) mass is 519 g/mol. The van der Waals surface area contributed by atoms with Gasteiger partial charge in [0.1, 0.15) is 6.29 Å². The molecule has 0 heterocycles. The lowest BCUT2D eigenvalue weighted by atomic mass is 9.95. The highest BCUT2D eigenvalue weighted by Gasteiger charge is 2.06. The Hall–Kier alpha value is -0.590. The molecule has 0 N–H and O–H groups in total. The van der Waals surface area contributed by atoms with E-state index in [0.717, 1.165) is 12.8 Å². The number of hydrogen-bond acceptors (Lipinski definition) is 1. The van der Waals surface area contributed by atoms with Gasteiger partial charge < -0.3 is 4.79 Å². The van der Waals surface area contributed by atoms with Gasteiger partial charge >= 0.3 is 0 Å². The molecule has 0 rings (SSSR count). The third kappa shape index (κ3) is 31.5. The maximum Gasteiger partial charge on any atom is 0.123 e. The summed E-state index contributed by atoms with van der Waals surface area (Å²) in [6, 6.07) is 0. The fraction of sp³-hybridized carbons (Fsp3) is 0.917. The van der Waals surface area contributed by atoms with Gasteiger partial charge in [-0.05, 0) is 38.5 Å². The van der Waals surface area contributed by atoms with Gasteiger partial charge in [0.05, 0.1) is 0 Å². The van der Waals surface area contributed by atoms with Crippen molar-refractivity contribution in [3.05, 3.63) is 12.2 Å². The molecule has 37 heavy (non-hydrogen) atoms. The van der Waals surface area contributed by atoms with E-state index in [0.29, 0.717) is 5.92 Å². The predicted molar refractivity (Wildman–Crippen MR) is 169 cm³/mol. The molecule has 1 nitrogen and oxygen atoms in total. The van der Waals surface area contributed by atoms with Crippen LogP contribution >= 0.6 is 0 Å². The molecule has 0 aliphatic rings. The van der Waals surface area contributed by atoms with Crippen LogP contribution in [0.2, 0.25) is 0 Å². The minimum atomic E-state index is 0.328. The maximum absolute atomic E-state index is 11.5. The molecule has 220 valence electrons. The summed E-state index contributed by atoms with van der Waals surface area (Å²) in [6.45, 7) is 4.58. The van der Waals surface area contributed by atoms with Gasteiger partial charge in [0.2, 0.25) is 0 Å². The Kier molecular flexibility index (Phi) is 32.9. The van der Waals surface area contributed by atoms with E-state index in [4.69, 9.17) is 0 Å². The van der Waals surface area contributed by atoms with Crippen molar-refractivity contribution in [2.75, 3.05) is 0 Å². The molecule has 0 aromatic heterocycles. The number of unbranched alkanes of at least 4 members (excludes halogenated alkanes) is 25. The van der Waals surface area contributed by atoms with Crippen molar-refractivity contribution in [3.63, 3.8) is 0 Å². The van der Waals surface area contributed by atoms with Crippen LogP contribution in [-0.4, -0.2) is 6.29 Å². The average molecular weight is 519 g/mol. The van der Waals surface area contributed by atoms with Crippen molar-refractivity contribution < 1.29 is 4.79 Å². The van der Waals surface area contributed by atoms with Crippen LogP contribution in [0.25, 0.3) is 0 Å². The zero-order chi connectivity index (χ0) is 26.9. The van der Waals surface area contributed by atoms with Gasteiger partial charge in [0, 0.05) is 5.92 Å². The van der Waals surface area contributed by atoms with E-state index in [1.807, 2.05) is 0 Å². The molecule has 0 fully saturated rings. The van der Waals surface area contributed by atoms with Crippen LogP contribution in [0.1, 0.15) is 206 Å². The molecule has 0 aromatic rings. The number of rotatable bonds is 32. The van der Waals surface area contributed by atoms with Gasteiger partial charge in [-0.25, -0.2) is 0 Å². The lowest BCUT2D eigenvalue weighted by molar-refractivity contribution is -0.111. The number of carbonyl (C=O) groups is 1. The maximum atomic E-state index is 11.5. The van der Waals surface area contributed by atoms with Crippen molar-refractivity contribution in [2.24, 2.45) is 5.92 Å². The Labute approximate surface area is 235 Å². The summed E-state index contributed by atoms with van der Waals surface area (Å²) in [4.78, 5) is 11.5. The van der Waals surface area contributed by atoms with Crippen LogP contribution in [0.3, 0.4) is 0 Å². The Morgan fingerprint density at radius 3 is 0.946 bits per heavy atom. The Morgan fingerprint density at radius 2 is 0.649 bits per heavy atom. The van der Waals surface area contributed by atoms with Crippen molar-refractivity contribution in [1.82, 2.24) is 0 Å². The second-order valence-corrected chi connectivity index (χ2v) is 12.0. The molecule has 0 radical (unpaired) electrons. The predicted octanol–water partition coefficient (Wildman–Crippen LogP) is 13.1. The average Bonchev–Trinajstić information content (AvgIpc) is 2.91. The van der Waals surface area contributed by atoms with E-state index in [2.05, 4.69) is 26.0 Å². The molecule has 0 saturated heterocycles. The Morgan fingerprint density at radius 1 is 0.378 bits per heavy atom. The van der Waals surface area contributed by atoms with Crippen LogP contribution in [0.4, 0.5) is 0 Å². The summed E-state index contributed by atoms with van der Waals surface area (Å²) < 4.78 is 0. The Bertz CT molecular complexity index is 440. The van der Waals surface area contributed by atoms with Crippen LogP contribution < -0.4 is 0 Å². The molecule has 0 saturated carbocycles. The van der Waals surface area contributed by atoms with Crippen LogP contribution in [-0.2, 0) is 4.79 Å². The van der Waals surface area contributed by atoms with Gasteiger partial charge in [-0.2, -0.15) is 0 Å². The molecular weight excluding hydrogens is 448 g/mol. The normalized spacial score (nSPS) is 12.5. The van der Waals surface area contributed by atoms with Gasteiger partial charge in [0.15, 0.2) is 0 Å². The van der Waals surface area contributed by atoms with E-state index in [9.17, 15) is 4.79 Å². The number of carbonyl (C=O) groups excluding carboxylic acids is 1. The summed E-state index contributed by atoms with van der Waals surface area (Å²) in [5, 5.41) is 0. The first-order valence-electron chi connectivity index (χ1n) is 17.4. The number of aldehydes is 1. The zero-order valence-electron chi connectivity index (χ0n) is 25.9. The van der Waals surface area contributed by atoms with Crippen LogP contribution in [0.15, 0.2) is 12.2 Å². The van der Waals surface area contributed by atoms with E-state index < -0.39 is 0 Å².